The van der Waals surface area contributed by atoms with Crippen LogP contribution in [-0.2, 0) is 0 Å². The molecule has 0 heterocycles. The SMILES string of the molecule is CCCC1CCC(C2CCC(c3ccc(Br)c(OC(F)F)c3)CC2)CC1. The number of hydrogen-bond acceptors (Lipinski definition) is 1. The number of hydrogen-bond donors (Lipinski definition) is 0. The number of ether oxygens (including phenoxy) is 1. The van der Waals surface area contributed by atoms with Crippen LogP contribution in [0.5, 0.6) is 5.75 Å². The van der Waals surface area contributed by atoms with Crippen LogP contribution in [0.1, 0.15) is 82.6 Å². The Hall–Kier alpha value is -0.640. The minimum Gasteiger partial charge on any atom is -0.434 e. The molecule has 0 N–H and O–H groups in total. The maximum absolute atomic E-state index is 12.6. The predicted octanol–water partition coefficient (Wildman–Crippen LogP) is 7.93. The van der Waals surface area contributed by atoms with Crippen LogP contribution in [0.2, 0.25) is 0 Å². The topological polar surface area (TPSA) is 9.23 Å². The largest absolute Gasteiger partial charge is 0.434 e. The van der Waals surface area contributed by atoms with Crippen molar-refractivity contribution < 1.29 is 13.5 Å². The molecule has 0 bridgehead atoms. The van der Waals surface area contributed by atoms with Gasteiger partial charge in [-0.05, 0) is 95.8 Å². The zero-order chi connectivity index (χ0) is 18.5. The van der Waals surface area contributed by atoms with Gasteiger partial charge in [-0.25, -0.2) is 0 Å². The Morgan fingerprint density at radius 1 is 1.00 bits per heavy atom. The van der Waals surface area contributed by atoms with Crippen LogP contribution in [0.25, 0.3) is 0 Å². The lowest BCUT2D eigenvalue weighted by atomic mass is 9.68. The van der Waals surface area contributed by atoms with E-state index in [1.165, 1.54) is 64.2 Å². The number of halogens is 3. The number of rotatable bonds is 6. The third-order valence-corrected chi connectivity index (χ3v) is 7.32. The van der Waals surface area contributed by atoms with Crippen molar-refractivity contribution in [3.05, 3.63) is 28.2 Å². The smallest absolute Gasteiger partial charge is 0.387 e. The minimum absolute atomic E-state index is 0.258. The molecule has 2 aliphatic rings. The van der Waals surface area contributed by atoms with Crippen molar-refractivity contribution in [2.45, 2.75) is 83.7 Å². The fourth-order valence-corrected chi connectivity index (χ4v) is 5.58. The highest BCUT2D eigenvalue weighted by Crippen LogP contribution is 2.45. The van der Waals surface area contributed by atoms with Crippen molar-refractivity contribution in [3.8, 4) is 5.75 Å². The maximum atomic E-state index is 12.6. The molecule has 0 aromatic heterocycles. The van der Waals surface area contributed by atoms with Crippen LogP contribution in [0.15, 0.2) is 22.7 Å². The molecule has 0 atom stereocenters. The summed E-state index contributed by atoms with van der Waals surface area (Å²) in [4.78, 5) is 0. The van der Waals surface area contributed by atoms with Crippen LogP contribution >= 0.6 is 15.9 Å². The predicted molar refractivity (Wildman–Crippen MR) is 106 cm³/mol. The van der Waals surface area contributed by atoms with Crippen molar-refractivity contribution in [2.75, 3.05) is 0 Å². The second kappa shape index (κ2) is 9.52. The van der Waals surface area contributed by atoms with E-state index < -0.39 is 6.61 Å². The van der Waals surface area contributed by atoms with Gasteiger partial charge in [-0.15, -0.1) is 0 Å². The molecule has 0 amide bonds. The van der Waals surface area contributed by atoms with Gasteiger partial charge in [0.15, 0.2) is 0 Å². The van der Waals surface area contributed by atoms with Crippen LogP contribution < -0.4 is 4.74 Å². The highest BCUT2D eigenvalue weighted by molar-refractivity contribution is 9.10. The fraction of sp³-hybridized carbons (Fsp3) is 0.727. The highest BCUT2D eigenvalue weighted by Gasteiger charge is 2.31. The minimum atomic E-state index is -2.78. The molecule has 2 fully saturated rings. The molecule has 0 unspecified atom stereocenters. The normalized spacial score (nSPS) is 29.7. The molecule has 2 saturated carbocycles. The van der Waals surface area contributed by atoms with Gasteiger partial charge >= 0.3 is 6.61 Å². The van der Waals surface area contributed by atoms with Gasteiger partial charge in [-0.1, -0.05) is 38.7 Å². The monoisotopic (exact) mass is 428 g/mol. The van der Waals surface area contributed by atoms with Crippen LogP contribution in [-0.4, -0.2) is 6.61 Å². The van der Waals surface area contributed by atoms with Gasteiger partial charge in [0, 0.05) is 0 Å². The lowest BCUT2D eigenvalue weighted by molar-refractivity contribution is -0.0504. The summed E-state index contributed by atoms with van der Waals surface area (Å²) in [5, 5.41) is 0. The second-order valence-electron chi connectivity index (χ2n) is 8.25. The zero-order valence-corrected chi connectivity index (χ0v) is 17.3. The molecule has 1 aromatic rings. The average Bonchev–Trinajstić information content (AvgIpc) is 2.64. The summed E-state index contributed by atoms with van der Waals surface area (Å²) in [5.74, 6) is 3.51. The summed E-state index contributed by atoms with van der Waals surface area (Å²) in [6.07, 6.45) is 13.4. The Bertz CT molecular complexity index is 561. The molecule has 0 aliphatic heterocycles. The van der Waals surface area contributed by atoms with E-state index in [1.54, 1.807) is 6.07 Å². The third-order valence-electron chi connectivity index (χ3n) is 6.67. The van der Waals surface area contributed by atoms with Gasteiger partial charge in [0.2, 0.25) is 0 Å². The first-order valence-corrected chi connectivity index (χ1v) is 11.1. The van der Waals surface area contributed by atoms with E-state index in [0.717, 1.165) is 23.3 Å². The van der Waals surface area contributed by atoms with E-state index in [9.17, 15) is 8.78 Å². The Labute approximate surface area is 165 Å². The molecular formula is C22H31BrF2O. The summed E-state index contributed by atoms with van der Waals surface area (Å²) < 4.78 is 30.4. The van der Waals surface area contributed by atoms with Crippen molar-refractivity contribution in [1.29, 1.82) is 0 Å². The molecular weight excluding hydrogens is 398 g/mol. The van der Waals surface area contributed by atoms with E-state index in [4.69, 9.17) is 0 Å². The van der Waals surface area contributed by atoms with Gasteiger partial charge in [-0.2, -0.15) is 8.78 Å². The fourth-order valence-electron chi connectivity index (χ4n) is 5.24. The highest BCUT2D eigenvalue weighted by atomic mass is 79.9. The van der Waals surface area contributed by atoms with E-state index in [1.807, 2.05) is 6.07 Å². The van der Waals surface area contributed by atoms with Crippen molar-refractivity contribution >= 4 is 15.9 Å². The molecule has 4 heteroatoms. The molecule has 3 rings (SSSR count). The summed E-state index contributed by atoms with van der Waals surface area (Å²) in [6.45, 7) is -0.479. The first-order chi connectivity index (χ1) is 12.6. The first kappa shape index (κ1) is 20.1. The van der Waals surface area contributed by atoms with E-state index in [-0.39, 0.29) is 5.75 Å². The molecule has 146 valence electrons. The van der Waals surface area contributed by atoms with Gasteiger partial charge in [-0.3, -0.25) is 0 Å². The third kappa shape index (κ3) is 5.21. The van der Waals surface area contributed by atoms with E-state index in [2.05, 4.69) is 33.7 Å². The Kier molecular flexibility index (Phi) is 7.36. The van der Waals surface area contributed by atoms with Gasteiger partial charge in [0.25, 0.3) is 0 Å². The van der Waals surface area contributed by atoms with E-state index >= 15 is 0 Å². The van der Waals surface area contributed by atoms with Gasteiger partial charge < -0.3 is 4.74 Å². The number of benzene rings is 1. The number of alkyl halides is 2. The summed E-state index contributed by atoms with van der Waals surface area (Å²) in [7, 11) is 0. The van der Waals surface area contributed by atoms with Crippen LogP contribution in [0.4, 0.5) is 8.78 Å². The van der Waals surface area contributed by atoms with Crippen molar-refractivity contribution in [2.24, 2.45) is 17.8 Å². The first-order valence-electron chi connectivity index (χ1n) is 10.3. The molecule has 2 aliphatic carbocycles. The molecule has 1 aromatic carbocycles. The summed E-state index contributed by atoms with van der Waals surface area (Å²) in [6, 6.07) is 5.70. The second-order valence-corrected chi connectivity index (χ2v) is 9.10. The Balaban J connectivity index is 1.52. The van der Waals surface area contributed by atoms with Gasteiger partial charge in [0.05, 0.1) is 4.47 Å². The zero-order valence-electron chi connectivity index (χ0n) is 15.7. The van der Waals surface area contributed by atoms with Crippen molar-refractivity contribution in [1.82, 2.24) is 0 Å². The Morgan fingerprint density at radius 2 is 1.62 bits per heavy atom. The van der Waals surface area contributed by atoms with E-state index in [0.29, 0.717) is 10.4 Å². The molecule has 0 saturated heterocycles. The summed E-state index contributed by atoms with van der Waals surface area (Å²) in [5.41, 5.74) is 1.15. The maximum Gasteiger partial charge on any atom is 0.387 e. The summed E-state index contributed by atoms with van der Waals surface area (Å²) >= 11 is 3.30. The van der Waals surface area contributed by atoms with Crippen molar-refractivity contribution in [3.63, 3.8) is 0 Å². The lowest BCUT2D eigenvalue weighted by Gasteiger charge is -2.38. The molecule has 0 spiro atoms. The Morgan fingerprint density at radius 3 is 2.19 bits per heavy atom. The molecule has 26 heavy (non-hydrogen) atoms. The quantitative estimate of drug-likeness (QED) is 0.446. The van der Waals surface area contributed by atoms with Crippen LogP contribution in [0.3, 0.4) is 0 Å². The average molecular weight is 429 g/mol. The standard InChI is InChI=1S/C22H31BrF2O/c1-2-3-15-4-6-16(7-5-15)17-8-10-18(11-9-17)19-12-13-20(23)21(14-19)26-22(24)25/h12-18,22H,2-11H2,1H3. The molecule has 1 nitrogen and oxygen atoms in total. The lowest BCUT2D eigenvalue weighted by Crippen LogP contribution is -2.25. The molecule has 0 radical (unpaired) electrons. The van der Waals surface area contributed by atoms with Gasteiger partial charge in [0.1, 0.15) is 5.75 Å². The van der Waals surface area contributed by atoms with Crippen LogP contribution in [0, 0.1) is 17.8 Å².